The van der Waals surface area contributed by atoms with Crippen LogP contribution in [-0.2, 0) is 11.8 Å². The van der Waals surface area contributed by atoms with Crippen LogP contribution in [0.1, 0.15) is 23.1 Å². The van der Waals surface area contributed by atoms with Crippen molar-refractivity contribution < 1.29 is 0 Å². The summed E-state index contributed by atoms with van der Waals surface area (Å²) in [6, 6.07) is 6.71. The minimum absolute atomic E-state index is 0.952. The number of hydrogen-bond acceptors (Lipinski definition) is 0. The fourth-order valence-corrected chi connectivity index (χ4v) is 1.91. The molecule has 1 aromatic rings. The summed E-state index contributed by atoms with van der Waals surface area (Å²) in [6.07, 6.45) is 6.88. The number of allylic oxidation sites excluding steroid dienone is 1. The molecular weight excluding hydrogens is 212 g/mol. The van der Waals surface area contributed by atoms with Crippen molar-refractivity contribution in [2.45, 2.75) is 18.2 Å². The highest BCUT2D eigenvalue weighted by Gasteiger charge is 2.03. The van der Waals surface area contributed by atoms with Crippen molar-refractivity contribution in [3.63, 3.8) is 0 Å². The van der Waals surface area contributed by atoms with Gasteiger partial charge >= 0.3 is 0 Å². The number of fused-ring (bicyclic) bond motifs is 1. The Labute approximate surface area is 81.4 Å². The summed E-state index contributed by atoms with van der Waals surface area (Å²) in [4.78, 5) is 0. The normalized spacial score (nSPS) is 14.4. The molecule has 1 heteroatoms. The summed E-state index contributed by atoms with van der Waals surface area (Å²) in [5.41, 5.74) is 4.25. The first-order valence-corrected chi connectivity index (χ1v) is 5.36. The minimum Gasteiger partial charge on any atom is -0.0876 e. The van der Waals surface area contributed by atoms with Gasteiger partial charge in [0.2, 0.25) is 0 Å². The molecule has 1 aliphatic carbocycles. The summed E-state index contributed by atoms with van der Waals surface area (Å²) in [5, 5.41) is 0.952. The highest BCUT2D eigenvalue weighted by atomic mass is 79.9. The van der Waals surface area contributed by atoms with Gasteiger partial charge in [-0.05, 0) is 29.5 Å². The van der Waals surface area contributed by atoms with Crippen LogP contribution in [0, 0.1) is 0 Å². The molecule has 0 N–H and O–H groups in total. The van der Waals surface area contributed by atoms with Crippen LogP contribution in [0.25, 0.3) is 6.08 Å². The van der Waals surface area contributed by atoms with Gasteiger partial charge in [0.25, 0.3) is 0 Å². The van der Waals surface area contributed by atoms with E-state index in [1.54, 1.807) is 0 Å². The molecule has 0 nitrogen and oxygen atoms in total. The number of rotatable bonds is 1. The van der Waals surface area contributed by atoms with E-state index >= 15 is 0 Å². The molecule has 2 rings (SSSR count). The molecule has 1 aromatic carbocycles. The van der Waals surface area contributed by atoms with Crippen molar-refractivity contribution in [2.75, 3.05) is 0 Å². The molecule has 0 unspecified atom stereocenters. The number of alkyl halides is 1. The maximum atomic E-state index is 3.46. The van der Waals surface area contributed by atoms with E-state index in [9.17, 15) is 0 Å². The number of aryl methyl sites for hydroxylation is 1. The van der Waals surface area contributed by atoms with E-state index < -0.39 is 0 Å². The van der Waals surface area contributed by atoms with Crippen molar-refractivity contribution in [3.8, 4) is 0 Å². The quantitative estimate of drug-likeness (QED) is 0.638. The molecule has 0 amide bonds. The van der Waals surface area contributed by atoms with E-state index in [0.29, 0.717) is 0 Å². The Kier molecular flexibility index (Phi) is 2.31. The van der Waals surface area contributed by atoms with Gasteiger partial charge in [0.15, 0.2) is 0 Å². The van der Waals surface area contributed by atoms with Crippen molar-refractivity contribution in [1.82, 2.24) is 0 Å². The molecule has 0 radical (unpaired) electrons. The van der Waals surface area contributed by atoms with Gasteiger partial charge in [-0.25, -0.2) is 0 Å². The van der Waals surface area contributed by atoms with E-state index in [4.69, 9.17) is 0 Å². The van der Waals surface area contributed by atoms with Crippen molar-refractivity contribution >= 4 is 22.0 Å². The van der Waals surface area contributed by atoms with Crippen LogP contribution in [-0.4, -0.2) is 0 Å². The van der Waals surface area contributed by atoms with Gasteiger partial charge in [-0.1, -0.05) is 46.3 Å². The zero-order chi connectivity index (χ0) is 8.39. The van der Waals surface area contributed by atoms with Crippen LogP contribution in [0.5, 0.6) is 0 Å². The van der Waals surface area contributed by atoms with Gasteiger partial charge in [-0.15, -0.1) is 0 Å². The fourth-order valence-electron chi connectivity index (χ4n) is 1.56. The Morgan fingerprint density at radius 1 is 1.33 bits per heavy atom. The average molecular weight is 223 g/mol. The van der Waals surface area contributed by atoms with E-state index in [2.05, 4.69) is 46.3 Å². The Balaban J connectivity index is 2.44. The Bertz CT molecular complexity index is 313. The van der Waals surface area contributed by atoms with E-state index in [0.717, 1.165) is 5.33 Å². The summed E-state index contributed by atoms with van der Waals surface area (Å²) < 4.78 is 0. The average Bonchev–Trinajstić information content (AvgIpc) is 2.17. The summed E-state index contributed by atoms with van der Waals surface area (Å²) in [5.74, 6) is 0. The molecular formula is C11H11Br. The maximum absolute atomic E-state index is 3.46. The highest BCUT2D eigenvalue weighted by molar-refractivity contribution is 9.08. The van der Waals surface area contributed by atoms with Gasteiger partial charge < -0.3 is 0 Å². The second-order valence-electron chi connectivity index (χ2n) is 3.11. The molecule has 62 valence electrons. The molecule has 0 heterocycles. The monoisotopic (exact) mass is 222 g/mol. The highest BCUT2D eigenvalue weighted by Crippen LogP contribution is 2.21. The minimum atomic E-state index is 0.952. The van der Waals surface area contributed by atoms with Crippen LogP contribution in [0.15, 0.2) is 24.3 Å². The number of benzene rings is 1. The Morgan fingerprint density at radius 2 is 2.25 bits per heavy atom. The molecule has 0 saturated heterocycles. The maximum Gasteiger partial charge on any atom is 0.0283 e. The van der Waals surface area contributed by atoms with Crippen LogP contribution >= 0.6 is 15.9 Å². The van der Waals surface area contributed by atoms with Crippen molar-refractivity contribution in [2.24, 2.45) is 0 Å². The first-order valence-electron chi connectivity index (χ1n) is 4.24. The number of halogens is 1. The fraction of sp³-hybridized carbons (Fsp3) is 0.273. The van der Waals surface area contributed by atoms with E-state index in [1.807, 2.05) is 0 Å². The second kappa shape index (κ2) is 3.44. The Morgan fingerprint density at radius 3 is 3.08 bits per heavy atom. The van der Waals surface area contributed by atoms with Gasteiger partial charge in [0.05, 0.1) is 0 Å². The molecule has 0 atom stereocenters. The largest absolute Gasteiger partial charge is 0.0876 e. The molecule has 0 aromatic heterocycles. The van der Waals surface area contributed by atoms with Crippen molar-refractivity contribution in [1.29, 1.82) is 0 Å². The molecule has 12 heavy (non-hydrogen) atoms. The number of hydrogen-bond donors (Lipinski definition) is 0. The van der Waals surface area contributed by atoms with Crippen LogP contribution in [0.2, 0.25) is 0 Å². The van der Waals surface area contributed by atoms with Crippen LogP contribution in [0.4, 0.5) is 0 Å². The molecule has 0 aliphatic heterocycles. The molecule has 1 aliphatic rings. The van der Waals surface area contributed by atoms with Crippen molar-refractivity contribution in [3.05, 3.63) is 41.0 Å². The standard InChI is InChI=1S/C11H11Br/c12-8-9-5-6-10-3-1-2-4-11(10)7-9/h2,4-7H,1,3,8H2. The lowest BCUT2D eigenvalue weighted by molar-refractivity contribution is 0.983. The second-order valence-corrected chi connectivity index (χ2v) is 3.67. The molecule has 0 fully saturated rings. The van der Waals surface area contributed by atoms with E-state index in [1.165, 1.54) is 29.5 Å². The van der Waals surface area contributed by atoms with Crippen LogP contribution < -0.4 is 0 Å². The first-order chi connectivity index (χ1) is 5.90. The third-order valence-electron chi connectivity index (χ3n) is 2.24. The predicted octanol–water partition coefficient (Wildman–Crippen LogP) is 3.54. The summed E-state index contributed by atoms with van der Waals surface area (Å²) in [6.45, 7) is 0. The third kappa shape index (κ3) is 1.46. The summed E-state index contributed by atoms with van der Waals surface area (Å²) in [7, 11) is 0. The lowest BCUT2D eigenvalue weighted by atomic mass is 9.96. The molecule has 0 bridgehead atoms. The molecule has 0 spiro atoms. The topological polar surface area (TPSA) is 0 Å². The Hall–Kier alpha value is -0.560. The third-order valence-corrected chi connectivity index (χ3v) is 2.89. The van der Waals surface area contributed by atoms with E-state index in [-0.39, 0.29) is 0 Å². The van der Waals surface area contributed by atoms with Gasteiger partial charge in [-0.3, -0.25) is 0 Å². The SMILES string of the molecule is BrCc1ccc2c(c1)C=CCC2. The van der Waals surface area contributed by atoms with Crippen LogP contribution in [0.3, 0.4) is 0 Å². The van der Waals surface area contributed by atoms with Gasteiger partial charge in [0.1, 0.15) is 0 Å². The first kappa shape index (κ1) is 8.06. The van der Waals surface area contributed by atoms with Gasteiger partial charge in [-0.2, -0.15) is 0 Å². The summed E-state index contributed by atoms with van der Waals surface area (Å²) >= 11 is 3.46. The smallest absolute Gasteiger partial charge is 0.0283 e. The zero-order valence-corrected chi connectivity index (χ0v) is 8.47. The lowest BCUT2D eigenvalue weighted by Gasteiger charge is -2.10. The zero-order valence-electron chi connectivity index (χ0n) is 6.89. The molecule has 0 saturated carbocycles. The lowest BCUT2D eigenvalue weighted by Crippen LogP contribution is -1.94. The predicted molar refractivity (Wildman–Crippen MR) is 56.4 cm³/mol. The van der Waals surface area contributed by atoms with Gasteiger partial charge in [0, 0.05) is 5.33 Å².